The summed E-state index contributed by atoms with van der Waals surface area (Å²) in [5.41, 5.74) is 4.29. The third-order valence-corrected chi connectivity index (χ3v) is 6.94. The van der Waals surface area contributed by atoms with Gasteiger partial charge >= 0.3 is 5.97 Å². The first-order valence-electron chi connectivity index (χ1n) is 12.1. The summed E-state index contributed by atoms with van der Waals surface area (Å²) in [5, 5.41) is 0. The minimum absolute atomic E-state index is 0.262. The second-order valence-corrected chi connectivity index (χ2v) is 8.85. The van der Waals surface area contributed by atoms with E-state index in [1.807, 2.05) is 31.2 Å². The molecular weight excluding hydrogens is 418 g/mol. The molecule has 0 aromatic heterocycles. The summed E-state index contributed by atoms with van der Waals surface area (Å²) < 4.78 is 16.8. The van der Waals surface area contributed by atoms with E-state index in [0.29, 0.717) is 12.2 Å². The maximum absolute atomic E-state index is 11.9. The predicted molar refractivity (Wildman–Crippen MR) is 129 cm³/mol. The predicted octanol–water partition coefficient (Wildman–Crippen LogP) is 3.53. The Kier molecular flexibility index (Phi) is 6.42. The summed E-state index contributed by atoms with van der Waals surface area (Å²) in [4.78, 5) is 19.1. The van der Waals surface area contributed by atoms with E-state index in [4.69, 9.17) is 14.2 Å². The van der Waals surface area contributed by atoms with Crippen LogP contribution in [0.1, 0.15) is 30.1 Å². The SMILES string of the molecule is CCOC(=O)c1ccc(N2CCN(c3ccc(N4CCC5(CC4)OCCO5)cc3)CC2)cc1. The first-order chi connectivity index (χ1) is 16.2. The van der Waals surface area contributed by atoms with Crippen LogP contribution in [-0.4, -0.2) is 70.8 Å². The molecule has 7 nitrogen and oxygen atoms in total. The fourth-order valence-corrected chi connectivity index (χ4v) is 5.01. The number of hydrogen-bond acceptors (Lipinski definition) is 7. The van der Waals surface area contributed by atoms with Gasteiger partial charge in [0, 0.05) is 69.2 Å². The second kappa shape index (κ2) is 9.61. The Morgan fingerprint density at radius 2 is 1.18 bits per heavy atom. The average molecular weight is 452 g/mol. The Morgan fingerprint density at radius 1 is 0.758 bits per heavy atom. The molecule has 176 valence electrons. The standard InChI is InChI=1S/C26H33N3O4/c1-2-31-25(30)21-3-5-22(6-4-21)28-15-17-29(18-16-28)24-9-7-23(8-10-24)27-13-11-26(12-14-27)32-19-20-33-26/h3-10H,2,11-20H2,1H3. The van der Waals surface area contributed by atoms with E-state index in [2.05, 4.69) is 39.0 Å². The van der Waals surface area contributed by atoms with E-state index in [1.54, 1.807) is 0 Å². The van der Waals surface area contributed by atoms with Crippen molar-refractivity contribution < 1.29 is 19.0 Å². The van der Waals surface area contributed by atoms with Gasteiger partial charge in [0.2, 0.25) is 0 Å². The van der Waals surface area contributed by atoms with Gasteiger partial charge in [-0.2, -0.15) is 0 Å². The number of carbonyl (C=O) groups is 1. The minimum Gasteiger partial charge on any atom is -0.462 e. The molecule has 0 aliphatic carbocycles. The fraction of sp³-hybridized carbons (Fsp3) is 0.500. The lowest BCUT2D eigenvalue weighted by Crippen LogP contribution is -2.46. The van der Waals surface area contributed by atoms with Crippen LogP contribution in [0.2, 0.25) is 0 Å². The first kappa shape index (κ1) is 22.0. The molecule has 1 spiro atoms. The van der Waals surface area contributed by atoms with E-state index in [0.717, 1.165) is 71.0 Å². The van der Waals surface area contributed by atoms with Crippen LogP contribution in [0.15, 0.2) is 48.5 Å². The van der Waals surface area contributed by atoms with Gasteiger partial charge in [-0.3, -0.25) is 0 Å². The van der Waals surface area contributed by atoms with Crippen LogP contribution < -0.4 is 14.7 Å². The summed E-state index contributed by atoms with van der Waals surface area (Å²) >= 11 is 0. The molecule has 5 rings (SSSR count). The Labute approximate surface area is 195 Å². The van der Waals surface area contributed by atoms with Gasteiger partial charge in [0.05, 0.1) is 25.4 Å². The molecule has 0 atom stereocenters. The molecule has 0 bridgehead atoms. The van der Waals surface area contributed by atoms with Crippen LogP contribution in [0, 0.1) is 0 Å². The molecule has 2 aromatic carbocycles. The van der Waals surface area contributed by atoms with Crippen molar-refractivity contribution in [2.45, 2.75) is 25.6 Å². The molecule has 3 saturated heterocycles. The number of rotatable bonds is 5. The molecule has 0 N–H and O–H groups in total. The highest BCUT2D eigenvalue weighted by Gasteiger charge is 2.39. The van der Waals surface area contributed by atoms with Crippen molar-refractivity contribution >= 4 is 23.0 Å². The maximum atomic E-state index is 11.9. The van der Waals surface area contributed by atoms with Crippen LogP contribution in [0.4, 0.5) is 17.1 Å². The van der Waals surface area contributed by atoms with Crippen LogP contribution in [0.25, 0.3) is 0 Å². The Bertz CT molecular complexity index is 923. The third kappa shape index (κ3) is 4.80. The summed E-state index contributed by atoms with van der Waals surface area (Å²) in [6.45, 7) is 9.44. The number of piperazine rings is 1. The highest BCUT2D eigenvalue weighted by atomic mass is 16.7. The maximum Gasteiger partial charge on any atom is 0.338 e. The molecule has 3 aliphatic heterocycles. The summed E-state index contributed by atoms with van der Waals surface area (Å²) in [6, 6.07) is 16.7. The third-order valence-electron chi connectivity index (χ3n) is 6.94. The largest absolute Gasteiger partial charge is 0.462 e. The number of nitrogens with zero attached hydrogens (tertiary/aromatic N) is 3. The van der Waals surface area contributed by atoms with Crippen molar-refractivity contribution in [3.63, 3.8) is 0 Å². The van der Waals surface area contributed by atoms with Gasteiger partial charge in [-0.1, -0.05) is 0 Å². The summed E-state index contributed by atoms with van der Waals surface area (Å²) in [5.74, 6) is -0.587. The first-order valence-corrected chi connectivity index (χ1v) is 12.1. The molecule has 2 aromatic rings. The normalized spacial score (nSPS) is 20.3. The minimum atomic E-state index is -0.324. The fourth-order valence-electron chi connectivity index (χ4n) is 5.01. The zero-order chi connectivity index (χ0) is 22.7. The second-order valence-electron chi connectivity index (χ2n) is 8.85. The smallest absolute Gasteiger partial charge is 0.338 e. The molecule has 33 heavy (non-hydrogen) atoms. The van der Waals surface area contributed by atoms with E-state index in [9.17, 15) is 4.79 Å². The molecule has 3 fully saturated rings. The van der Waals surface area contributed by atoms with Crippen LogP contribution in [-0.2, 0) is 14.2 Å². The lowest BCUT2D eigenvalue weighted by Gasteiger charge is -2.39. The Hall–Kier alpha value is -2.77. The van der Waals surface area contributed by atoms with Gasteiger partial charge in [0.1, 0.15) is 0 Å². The molecule has 3 heterocycles. The topological polar surface area (TPSA) is 54.5 Å². The van der Waals surface area contributed by atoms with Crippen LogP contribution in [0.5, 0.6) is 0 Å². The van der Waals surface area contributed by atoms with Crippen molar-refractivity contribution in [1.29, 1.82) is 0 Å². The number of carbonyl (C=O) groups excluding carboxylic acids is 1. The van der Waals surface area contributed by atoms with E-state index in [1.165, 1.54) is 11.4 Å². The lowest BCUT2D eigenvalue weighted by atomic mass is 10.0. The van der Waals surface area contributed by atoms with Crippen LogP contribution in [0.3, 0.4) is 0 Å². The van der Waals surface area contributed by atoms with Crippen molar-refractivity contribution in [2.75, 3.05) is 73.8 Å². The van der Waals surface area contributed by atoms with E-state index < -0.39 is 0 Å². The van der Waals surface area contributed by atoms with Crippen molar-refractivity contribution in [3.8, 4) is 0 Å². The number of ether oxygens (including phenoxy) is 3. The van der Waals surface area contributed by atoms with Crippen LogP contribution >= 0.6 is 0 Å². The number of piperidine rings is 1. The number of esters is 1. The summed E-state index contributed by atoms with van der Waals surface area (Å²) in [6.07, 6.45) is 1.86. The molecule has 0 saturated carbocycles. The molecule has 7 heteroatoms. The van der Waals surface area contributed by atoms with Gasteiger partial charge in [-0.15, -0.1) is 0 Å². The summed E-state index contributed by atoms with van der Waals surface area (Å²) in [7, 11) is 0. The highest BCUT2D eigenvalue weighted by Crippen LogP contribution is 2.33. The zero-order valence-corrected chi connectivity index (χ0v) is 19.4. The van der Waals surface area contributed by atoms with E-state index in [-0.39, 0.29) is 11.8 Å². The molecular formula is C26H33N3O4. The van der Waals surface area contributed by atoms with Gasteiger partial charge in [0.15, 0.2) is 5.79 Å². The van der Waals surface area contributed by atoms with E-state index >= 15 is 0 Å². The number of hydrogen-bond donors (Lipinski definition) is 0. The Balaban J connectivity index is 1.13. The van der Waals surface area contributed by atoms with Gasteiger partial charge in [-0.05, 0) is 55.5 Å². The van der Waals surface area contributed by atoms with Crippen molar-refractivity contribution in [3.05, 3.63) is 54.1 Å². The monoisotopic (exact) mass is 451 g/mol. The Morgan fingerprint density at radius 3 is 1.64 bits per heavy atom. The lowest BCUT2D eigenvalue weighted by molar-refractivity contribution is -0.169. The molecule has 0 unspecified atom stereocenters. The molecule has 3 aliphatic rings. The average Bonchev–Trinajstić information content (AvgIpc) is 3.33. The van der Waals surface area contributed by atoms with Gasteiger partial charge in [-0.25, -0.2) is 4.79 Å². The number of benzene rings is 2. The zero-order valence-electron chi connectivity index (χ0n) is 19.4. The van der Waals surface area contributed by atoms with Gasteiger partial charge < -0.3 is 28.9 Å². The van der Waals surface area contributed by atoms with Crippen molar-refractivity contribution in [1.82, 2.24) is 0 Å². The molecule has 0 radical (unpaired) electrons. The number of anilines is 3. The quantitative estimate of drug-likeness (QED) is 0.645. The molecule has 0 amide bonds. The van der Waals surface area contributed by atoms with Crippen molar-refractivity contribution in [2.24, 2.45) is 0 Å². The van der Waals surface area contributed by atoms with Gasteiger partial charge in [0.25, 0.3) is 0 Å². The highest BCUT2D eigenvalue weighted by molar-refractivity contribution is 5.89.